The lowest BCUT2D eigenvalue weighted by atomic mass is 10.2. The Kier molecular flexibility index (Phi) is 3.24. The van der Waals surface area contributed by atoms with Gasteiger partial charge in [-0.25, -0.2) is 8.78 Å². The van der Waals surface area contributed by atoms with E-state index in [0.717, 1.165) is 10.1 Å². The van der Waals surface area contributed by atoms with E-state index in [4.69, 9.17) is 0 Å². The summed E-state index contributed by atoms with van der Waals surface area (Å²) in [6.45, 7) is -1.07. The SMILES string of the molecule is FC(F)C(F)(F)CNc1ccc2sccc2c1. The van der Waals surface area contributed by atoms with Gasteiger partial charge < -0.3 is 5.32 Å². The molecule has 0 aliphatic heterocycles. The molecule has 0 bridgehead atoms. The lowest BCUT2D eigenvalue weighted by Crippen LogP contribution is -2.34. The van der Waals surface area contributed by atoms with Crippen LogP contribution in [0.1, 0.15) is 0 Å². The number of thiophene rings is 1. The number of alkyl halides is 4. The molecule has 0 saturated carbocycles. The van der Waals surface area contributed by atoms with E-state index in [9.17, 15) is 17.6 Å². The van der Waals surface area contributed by atoms with Crippen LogP contribution in [0.2, 0.25) is 0 Å². The Bertz CT molecular complexity index is 509. The zero-order valence-corrected chi connectivity index (χ0v) is 9.41. The fourth-order valence-electron chi connectivity index (χ4n) is 1.37. The molecule has 0 unspecified atom stereocenters. The van der Waals surface area contributed by atoms with Crippen LogP contribution in [0.15, 0.2) is 29.6 Å². The monoisotopic (exact) mass is 263 g/mol. The molecule has 1 N–H and O–H groups in total. The average molecular weight is 263 g/mol. The van der Waals surface area contributed by atoms with Crippen molar-refractivity contribution < 1.29 is 17.6 Å². The van der Waals surface area contributed by atoms with E-state index >= 15 is 0 Å². The Morgan fingerprint density at radius 2 is 2.00 bits per heavy atom. The van der Waals surface area contributed by atoms with E-state index in [-0.39, 0.29) is 0 Å². The highest BCUT2D eigenvalue weighted by atomic mass is 32.1. The maximum atomic E-state index is 12.7. The van der Waals surface area contributed by atoms with Crippen LogP contribution in [0.4, 0.5) is 23.2 Å². The number of nitrogens with one attached hydrogen (secondary N) is 1. The average Bonchev–Trinajstić information content (AvgIpc) is 2.73. The maximum Gasteiger partial charge on any atom is 0.324 e. The number of hydrogen-bond donors (Lipinski definition) is 1. The molecule has 6 heteroatoms. The molecule has 1 nitrogen and oxygen atoms in total. The first-order chi connectivity index (χ1) is 7.99. The molecule has 0 saturated heterocycles. The van der Waals surface area contributed by atoms with Gasteiger partial charge >= 0.3 is 12.3 Å². The quantitative estimate of drug-likeness (QED) is 0.815. The first-order valence-corrected chi connectivity index (χ1v) is 5.74. The number of hydrogen-bond acceptors (Lipinski definition) is 2. The molecule has 2 rings (SSSR count). The Hall–Kier alpha value is -1.30. The van der Waals surface area contributed by atoms with Crippen LogP contribution in [0.25, 0.3) is 10.1 Å². The van der Waals surface area contributed by atoms with Gasteiger partial charge in [-0.1, -0.05) is 0 Å². The summed E-state index contributed by atoms with van der Waals surface area (Å²) in [5.41, 5.74) is 0.413. The molecule has 0 radical (unpaired) electrons. The van der Waals surface area contributed by atoms with E-state index in [1.54, 1.807) is 18.2 Å². The highest BCUT2D eigenvalue weighted by Gasteiger charge is 2.40. The molecule has 0 fully saturated rings. The molecule has 1 heterocycles. The normalized spacial score (nSPS) is 12.3. The predicted molar refractivity (Wildman–Crippen MR) is 61.3 cm³/mol. The fraction of sp³-hybridized carbons (Fsp3) is 0.273. The highest BCUT2D eigenvalue weighted by Crippen LogP contribution is 2.26. The summed E-state index contributed by atoms with van der Waals surface area (Å²) in [7, 11) is 0. The third-order valence-corrected chi connectivity index (χ3v) is 3.20. The van der Waals surface area contributed by atoms with Gasteiger partial charge in [-0.15, -0.1) is 11.3 Å². The summed E-state index contributed by atoms with van der Waals surface area (Å²) in [5, 5.41) is 5.10. The van der Waals surface area contributed by atoms with Crippen molar-refractivity contribution in [3.8, 4) is 0 Å². The molecule has 17 heavy (non-hydrogen) atoms. The van der Waals surface area contributed by atoms with Gasteiger partial charge in [0.2, 0.25) is 0 Å². The molecule has 92 valence electrons. The number of halogens is 4. The van der Waals surface area contributed by atoms with Crippen molar-refractivity contribution in [1.29, 1.82) is 0 Å². The van der Waals surface area contributed by atoms with E-state index in [1.807, 2.05) is 11.4 Å². The van der Waals surface area contributed by atoms with Crippen molar-refractivity contribution in [2.75, 3.05) is 11.9 Å². The molecule has 0 amide bonds. The smallest absolute Gasteiger partial charge is 0.324 e. The molecular formula is C11H9F4NS. The largest absolute Gasteiger partial charge is 0.379 e. The van der Waals surface area contributed by atoms with Crippen LogP contribution < -0.4 is 5.32 Å². The zero-order valence-electron chi connectivity index (χ0n) is 8.59. The van der Waals surface area contributed by atoms with Gasteiger partial charge in [-0.3, -0.25) is 0 Å². The van der Waals surface area contributed by atoms with Gasteiger partial charge in [0.25, 0.3) is 0 Å². The fourth-order valence-corrected chi connectivity index (χ4v) is 2.14. The standard InChI is InChI=1S/C11H9F4NS/c12-10(13)11(14,15)6-16-8-1-2-9-7(5-8)3-4-17-9/h1-5,10,16H,6H2. The lowest BCUT2D eigenvalue weighted by molar-refractivity contribution is -0.117. The van der Waals surface area contributed by atoms with Gasteiger partial charge in [-0.05, 0) is 35.0 Å². The molecule has 1 aromatic heterocycles. The second-order valence-electron chi connectivity index (χ2n) is 3.59. The van der Waals surface area contributed by atoms with Crippen molar-refractivity contribution in [2.45, 2.75) is 12.3 Å². The van der Waals surface area contributed by atoms with Crippen LogP contribution in [0.5, 0.6) is 0 Å². The van der Waals surface area contributed by atoms with E-state index in [1.165, 1.54) is 11.3 Å². The van der Waals surface area contributed by atoms with Crippen molar-refractivity contribution in [3.63, 3.8) is 0 Å². The summed E-state index contributed by atoms with van der Waals surface area (Å²) in [6.07, 6.45) is -3.65. The minimum atomic E-state index is -4.01. The number of benzene rings is 1. The van der Waals surface area contributed by atoms with Crippen LogP contribution in [-0.4, -0.2) is 18.9 Å². The molecule has 0 aliphatic rings. The minimum absolute atomic E-state index is 0.413. The van der Waals surface area contributed by atoms with E-state index in [0.29, 0.717) is 5.69 Å². The van der Waals surface area contributed by atoms with Crippen molar-refractivity contribution in [2.24, 2.45) is 0 Å². The summed E-state index contributed by atoms with van der Waals surface area (Å²) in [5.74, 6) is -4.01. The van der Waals surface area contributed by atoms with Crippen molar-refractivity contribution in [1.82, 2.24) is 0 Å². The predicted octanol–water partition coefficient (Wildman–Crippen LogP) is 4.21. The third kappa shape index (κ3) is 2.69. The van der Waals surface area contributed by atoms with Crippen LogP contribution in [0.3, 0.4) is 0 Å². The lowest BCUT2D eigenvalue weighted by Gasteiger charge is -2.16. The van der Waals surface area contributed by atoms with Gasteiger partial charge in [0.05, 0.1) is 6.54 Å². The summed E-state index contributed by atoms with van der Waals surface area (Å²) in [6, 6.07) is 6.87. The van der Waals surface area contributed by atoms with Crippen LogP contribution >= 0.6 is 11.3 Å². The number of rotatable bonds is 4. The Morgan fingerprint density at radius 1 is 1.24 bits per heavy atom. The van der Waals surface area contributed by atoms with Crippen molar-refractivity contribution in [3.05, 3.63) is 29.6 Å². The third-order valence-electron chi connectivity index (χ3n) is 2.30. The molecule has 0 atom stereocenters. The Balaban J connectivity index is 2.08. The Morgan fingerprint density at radius 3 is 2.71 bits per heavy atom. The Labute approximate surface area is 99.1 Å². The highest BCUT2D eigenvalue weighted by molar-refractivity contribution is 7.17. The molecular weight excluding hydrogens is 254 g/mol. The van der Waals surface area contributed by atoms with Gasteiger partial charge in [-0.2, -0.15) is 8.78 Å². The summed E-state index contributed by atoms with van der Waals surface area (Å²) < 4.78 is 50.2. The zero-order chi connectivity index (χ0) is 12.5. The van der Waals surface area contributed by atoms with Crippen LogP contribution in [0, 0.1) is 0 Å². The summed E-state index contributed by atoms with van der Waals surface area (Å²) in [4.78, 5) is 0. The second kappa shape index (κ2) is 4.52. The van der Waals surface area contributed by atoms with Gasteiger partial charge in [0, 0.05) is 10.4 Å². The first kappa shape index (κ1) is 12.2. The van der Waals surface area contributed by atoms with E-state index in [2.05, 4.69) is 5.32 Å². The molecule has 0 aliphatic carbocycles. The van der Waals surface area contributed by atoms with Crippen LogP contribution in [-0.2, 0) is 0 Å². The first-order valence-electron chi connectivity index (χ1n) is 4.86. The van der Waals surface area contributed by atoms with E-state index < -0.39 is 18.9 Å². The number of fused-ring (bicyclic) bond motifs is 1. The second-order valence-corrected chi connectivity index (χ2v) is 4.54. The summed E-state index contributed by atoms with van der Waals surface area (Å²) >= 11 is 1.53. The molecule has 2 aromatic rings. The molecule has 0 spiro atoms. The minimum Gasteiger partial charge on any atom is -0.379 e. The van der Waals surface area contributed by atoms with Crippen molar-refractivity contribution >= 4 is 27.1 Å². The number of anilines is 1. The van der Waals surface area contributed by atoms with Gasteiger partial charge in [0.15, 0.2) is 0 Å². The maximum absolute atomic E-state index is 12.7. The van der Waals surface area contributed by atoms with Gasteiger partial charge in [0.1, 0.15) is 0 Å². The topological polar surface area (TPSA) is 12.0 Å². The molecule has 1 aromatic carbocycles.